The fourth-order valence-corrected chi connectivity index (χ4v) is 3.99. The lowest BCUT2D eigenvalue weighted by atomic mass is 10.1. The Labute approximate surface area is 167 Å². The van der Waals surface area contributed by atoms with Gasteiger partial charge in [0.1, 0.15) is 0 Å². The highest BCUT2D eigenvalue weighted by Gasteiger charge is 2.17. The van der Waals surface area contributed by atoms with E-state index in [-0.39, 0.29) is 29.6 Å². The minimum atomic E-state index is -3.90. The van der Waals surface area contributed by atoms with Crippen molar-refractivity contribution < 1.29 is 18.1 Å². The van der Waals surface area contributed by atoms with E-state index >= 15 is 0 Å². The van der Waals surface area contributed by atoms with Gasteiger partial charge in [-0.15, -0.1) is 0 Å². The van der Waals surface area contributed by atoms with Crippen LogP contribution in [0.1, 0.15) is 22.8 Å². The highest BCUT2D eigenvalue weighted by molar-refractivity contribution is 7.98. The van der Waals surface area contributed by atoms with E-state index in [9.17, 15) is 23.3 Å². The van der Waals surface area contributed by atoms with Crippen LogP contribution in [-0.4, -0.2) is 38.1 Å². The molecule has 150 valence electrons. The number of carbonyl (C=O) groups is 1. The van der Waals surface area contributed by atoms with Gasteiger partial charge < -0.3 is 5.32 Å². The summed E-state index contributed by atoms with van der Waals surface area (Å²) in [5.41, 5.74) is 1.32. The Kier molecular flexibility index (Phi) is 7.97. The number of hydrogen-bond acceptors (Lipinski definition) is 6. The summed E-state index contributed by atoms with van der Waals surface area (Å²) in [5.74, 6) is 1.61. The molecule has 0 aromatic heterocycles. The molecule has 28 heavy (non-hydrogen) atoms. The van der Waals surface area contributed by atoms with Crippen LogP contribution in [0.25, 0.3) is 0 Å². The highest BCUT2D eigenvalue weighted by Crippen LogP contribution is 2.17. The van der Waals surface area contributed by atoms with Gasteiger partial charge in [-0.1, -0.05) is 25.1 Å². The maximum absolute atomic E-state index is 12.2. The van der Waals surface area contributed by atoms with Crippen LogP contribution in [0.15, 0.2) is 53.4 Å². The number of carbonyl (C=O) groups excluding carboxylic acids is 1. The predicted octanol–water partition coefficient (Wildman–Crippen LogP) is 2.56. The maximum Gasteiger partial charge on any atom is 0.270 e. The van der Waals surface area contributed by atoms with E-state index in [0.29, 0.717) is 5.56 Å². The first-order chi connectivity index (χ1) is 13.3. The van der Waals surface area contributed by atoms with E-state index in [1.54, 1.807) is 23.9 Å². The summed E-state index contributed by atoms with van der Waals surface area (Å²) in [5, 5.41) is 13.4. The Hall–Kier alpha value is -2.43. The van der Waals surface area contributed by atoms with E-state index in [1.807, 2.05) is 12.1 Å². The van der Waals surface area contributed by atoms with Crippen LogP contribution in [-0.2, 0) is 15.8 Å². The first-order valence-corrected chi connectivity index (χ1v) is 11.2. The van der Waals surface area contributed by atoms with Crippen LogP contribution in [0.4, 0.5) is 5.69 Å². The molecule has 2 N–H and O–H groups in total. The lowest BCUT2D eigenvalue weighted by molar-refractivity contribution is -0.385. The van der Waals surface area contributed by atoms with E-state index in [0.717, 1.165) is 23.1 Å². The summed E-state index contributed by atoms with van der Waals surface area (Å²) in [7, 11) is -3.90. The smallest absolute Gasteiger partial charge is 0.270 e. The number of hydrogen-bond donors (Lipinski definition) is 2. The van der Waals surface area contributed by atoms with E-state index in [2.05, 4.69) is 17.0 Å². The summed E-state index contributed by atoms with van der Waals surface area (Å²) in [4.78, 5) is 22.0. The molecule has 2 rings (SSSR count). The average molecular weight is 424 g/mol. The maximum atomic E-state index is 12.2. The van der Waals surface area contributed by atoms with Gasteiger partial charge in [-0.2, -0.15) is 11.8 Å². The number of nitrogens with one attached hydrogen (secondary N) is 2. The number of amides is 1. The van der Waals surface area contributed by atoms with Crippen molar-refractivity contribution in [1.29, 1.82) is 0 Å². The van der Waals surface area contributed by atoms with Crippen molar-refractivity contribution in [3.8, 4) is 0 Å². The third-order valence-electron chi connectivity index (χ3n) is 3.73. The molecule has 0 atom stereocenters. The summed E-state index contributed by atoms with van der Waals surface area (Å²) < 4.78 is 26.7. The van der Waals surface area contributed by atoms with Crippen LogP contribution in [0.5, 0.6) is 0 Å². The van der Waals surface area contributed by atoms with Crippen LogP contribution < -0.4 is 10.0 Å². The largest absolute Gasteiger partial charge is 0.351 e. The molecule has 0 heterocycles. The molecular formula is C18H21N3O5S2. The molecule has 0 radical (unpaired) electrons. The van der Waals surface area contributed by atoms with Gasteiger partial charge in [0, 0.05) is 36.5 Å². The van der Waals surface area contributed by atoms with E-state index in [1.165, 1.54) is 18.2 Å². The summed E-state index contributed by atoms with van der Waals surface area (Å²) in [6, 6.07) is 12.0. The molecule has 0 bridgehead atoms. The van der Waals surface area contributed by atoms with Crippen LogP contribution in [0.2, 0.25) is 0 Å². The lowest BCUT2D eigenvalue weighted by Gasteiger charge is -2.08. The highest BCUT2D eigenvalue weighted by atomic mass is 32.2. The number of thioether (sulfide) groups is 1. The van der Waals surface area contributed by atoms with Gasteiger partial charge in [0.2, 0.25) is 10.0 Å². The van der Waals surface area contributed by atoms with Crippen LogP contribution in [0, 0.1) is 10.1 Å². The number of sulfonamides is 1. The summed E-state index contributed by atoms with van der Waals surface area (Å²) in [6.07, 6.45) is 0. The third kappa shape index (κ3) is 6.32. The lowest BCUT2D eigenvalue weighted by Crippen LogP contribution is -2.34. The average Bonchev–Trinajstić information content (AvgIpc) is 2.70. The number of rotatable bonds is 10. The fourth-order valence-electron chi connectivity index (χ4n) is 2.28. The topological polar surface area (TPSA) is 118 Å². The number of benzene rings is 2. The monoisotopic (exact) mass is 423 g/mol. The van der Waals surface area contributed by atoms with Crippen LogP contribution in [0.3, 0.4) is 0 Å². The van der Waals surface area contributed by atoms with Gasteiger partial charge in [0.05, 0.1) is 9.82 Å². The molecule has 0 spiro atoms. The molecule has 0 saturated carbocycles. The zero-order valence-corrected chi connectivity index (χ0v) is 16.9. The van der Waals surface area contributed by atoms with Crippen LogP contribution >= 0.6 is 11.8 Å². The van der Waals surface area contributed by atoms with Crippen molar-refractivity contribution in [2.45, 2.75) is 17.6 Å². The molecule has 2 aromatic rings. The minimum Gasteiger partial charge on any atom is -0.351 e. The number of non-ortho nitro benzene ring substituents is 1. The quantitative estimate of drug-likeness (QED) is 0.344. The van der Waals surface area contributed by atoms with Gasteiger partial charge in [-0.25, -0.2) is 13.1 Å². The fraction of sp³-hybridized carbons (Fsp3) is 0.278. The SMILES string of the molecule is CCSCc1ccc(C(=O)NCCNS(=O)(=O)c2cccc([N+](=O)[O-])c2)cc1. The normalized spacial score (nSPS) is 11.2. The molecule has 1 amide bonds. The Morgan fingerprint density at radius 1 is 1.14 bits per heavy atom. The van der Waals surface area contributed by atoms with Crippen molar-refractivity contribution in [2.24, 2.45) is 0 Å². The summed E-state index contributed by atoms with van der Waals surface area (Å²) >= 11 is 1.79. The Morgan fingerprint density at radius 2 is 1.86 bits per heavy atom. The third-order valence-corrected chi connectivity index (χ3v) is 6.13. The molecular weight excluding hydrogens is 402 g/mol. The molecule has 2 aromatic carbocycles. The first-order valence-electron chi connectivity index (χ1n) is 8.52. The molecule has 0 fully saturated rings. The molecule has 10 heteroatoms. The molecule has 0 aliphatic carbocycles. The number of nitro benzene ring substituents is 1. The van der Waals surface area contributed by atoms with Gasteiger partial charge in [-0.05, 0) is 29.5 Å². The van der Waals surface area contributed by atoms with Gasteiger partial charge in [-0.3, -0.25) is 14.9 Å². The van der Waals surface area contributed by atoms with Gasteiger partial charge >= 0.3 is 0 Å². The predicted molar refractivity (Wildman–Crippen MR) is 109 cm³/mol. The van der Waals surface area contributed by atoms with Crippen molar-refractivity contribution in [3.05, 3.63) is 69.8 Å². The molecule has 8 nitrogen and oxygen atoms in total. The number of nitro groups is 1. The Morgan fingerprint density at radius 3 is 2.50 bits per heavy atom. The Balaban J connectivity index is 1.85. The summed E-state index contributed by atoms with van der Waals surface area (Å²) in [6.45, 7) is 2.13. The van der Waals surface area contributed by atoms with Crippen molar-refractivity contribution in [2.75, 3.05) is 18.8 Å². The zero-order valence-electron chi connectivity index (χ0n) is 15.3. The molecule has 0 aliphatic heterocycles. The molecule has 0 unspecified atom stereocenters. The van der Waals surface area contributed by atoms with Gasteiger partial charge in [0.15, 0.2) is 0 Å². The second-order valence-corrected chi connectivity index (χ2v) is 8.78. The minimum absolute atomic E-state index is 0.0397. The van der Waals surface area contributed by atoms with Crippen molar-refractivity contribution in [3.63, 3.8) is 0 Å². The molecule has 0 aliphatic rings. The van der Waals surface area contributed by atoms with E-state index < -0.39 is 14.9 Å². The molecule has 0 saturated heterocycles. The van der Waals surface area contributed by atoms with Crippen molar-refractivity contribution >= 4 is 33.4 Å². The van der Waals surface area contributed by atoms with Gasteiger partial charge in [0.25, 0.3) is 11.6 Å². The zero-order chi connectivity index (χ0) is 20.6. The second-order valence-electron chi connectivity index (χ2n) is 5.74. The van der Waals surface area contributed by atoms with E-state index in [4.69, 9.17) is 0 Å². The van der Waals surface area contributed by atoms with Crippen molar-refractivity contribution in [1.82, 2.24) is 10.0 Å². The second kappa shape index (κ2) is 10.2. The first kappa shape index (κ1) is 21.9. The standard InChI is InChI=1S/C18H21N3O5S2/c1-2-27-13-14-6-8-15(9-7-14)18(22)19-10-11-20-28(25,26)17-5-3-4-16(12-17)21(23)24/h3-9,12,20H,2,10-11,13H2,1H3,(H,19,22). The Bertz CT molecular complexity index is 930. The number of nitrogens with zero attached hydrogens (tertiary/aromatic N) is 1.